The summed E-state index contributed by atoms with van der Waals surface area (Å²) in [4.78, 5) is 25.7. The monoisotopic (exact) mass is 545 g/mol. The van der Waals surface area contributed by atoms with Crippen LogP contribution in [-0.2, 0) is 11.3 Å². The van der Waals surface area contributed by atoms with Crippen molar-refractivity contribution < 1.29 is 9.59 Å². The molecular weight excluding hydrogens is 521 g/mol. The van der Waals surface area contributed by atoms with Gasteiger partial charge < -0.3 is 9.88 Å². The van der Waals surface area contributed by atoms with E-state index >= 15 is 0 Å². The van der Waals surface area contributed by atoms with Crippen molar-refractivity contribution in [2.24, 2.45) is 11.0 Å². The molecule has 3 aromatic carbocycles. The molecule has 0 spiro atoms. The number of fused-ring (bicyclic) bond motifs is 1. The molecule has 1 aromatic heterocycles. The van der Waals surface area contributed by atoms with Crippen molar-refractivity contribution in [3.05, 3.63) is 105 Å². The van der Waals surface area contributed by atoms with E-state index in [1.54, 1.807) is 18.3 Å². The number of benzene rings is 3. The molecule has 1 unspecified atom stereocenters. The van der Waals surface area contributed by atoms with Crippen LogP contribution in [0.4, 0.5) is 0 Å². The zero-order chi connectivity index (χ0) is 27.2. The predicted molar refractivity (Wildman–Crippen MR) is 150 cm³/mol. The lowest BCUT2D eigenvalue weighted by molar-refractivity contribution is -0.123. The number of nitrogens with one attached hydrogen (secondary N) is 2. The maximum atomic E-state index is 12.9. The second-order valence-electron chi connectivity index (χ2n) is 9.05. The van der Waals surface area contributed by atoms with Gasteiger partial charge in [-0.2, -0.15) is 10.4 Å². The van der Waals surface area contributed by atoms with Gasteiger partial charge in [-0.15, -0.1) is 0 Å². The molecule has 0 aliphatic rings. The molecule has 1 atom stereocenters. The number of nitrogens with zero attached hydrogens (tertiary/aromatic N) is 3. The van der Waals surface area contributed by atoms with E-state index in [9.17, 15) is 14.9 Å². The Morgan fingerprint density at radius 3 is 2.55 bits per heavy atom. The van der Waals surface area contributed by atoms with Crippen LogP contribution in [0, 0.1) is 17.2 Å². The molecule has 192 valence electrons. The summed E-state index contributed by atoms with van der Waals surface area (Å²) in [5.41, 5.74) is 6.07. The average molecular weight is 546 g/mol. The van der Waals surface area contributed by atoms with Gasteiger partial charge in [0.1, 0.15) is 6.04 Å². The third kappa shape index (κ3) is 6.05. The van der Waals surface area contributed by atoms with E-state index in [2.05, 4.69) is 21.9 Å². The van der Waals surface area contributed by atoms with Gasteiger partial charge >= 0.3 is 0 Å². The average Bonchev–Trinajstić information content (AvgIpc) is 3.24. The lowest BCUT2D eigenvalue weighted by atomic mass is 10.0. The number of carbonyl (C=O) groups is 2. The van der Waals surface area contributed by atoms with Crippen LogP contribution in [0.3, 0.4) is 0 Å². The molecule has 1 heterocycles. The summed E-state index contributed by atoms with van der Waals surface area (Å²) < 4.78 is 2.04. The lowest BCUT2D eigenvalue weighted by Crippen LogP contribution is -2.48. The van der Waals surface area contributed by atoms with Crippen LogP contribution in [0.5, 0.6) is 0 Å². The summed E-state index contributed by atoms with van der Waals surface area (Å²) >= 11 is 12.1. The number of hydrogen-bond acceptors (Lipinski definition) is 4. The summed E-state index contributed by atoms with van der Waals surface area (Å²) in [6, 6.07) is 21.3. The first-order valence-electron chi connectivity index (χ1n) is 11.9. The molecule has 2 amide bonds. The van der Waals surface area contributed by atoms with E-state index in [1.165, 1.54) is 12.1 Å². The minimum Gasteiger partial charge on any atom is -0.342 e. The largest absolute Gasteiger partial charge is 0.342 e. The van der Waals surface area contributed by atoms with Crippen molar-refractivity contribution in [1.29, 1.82) is 5.26 Å². The highest BCUT2D eigenvalue weighted by molar-refractivity contribution is 6.36. The van der Waals surface area contributed by atoms with Crippen molar-refractivity contribution in [2.45, 2.75) is 26.4 Å². The molecule has 7 nitrogen and oxygen atoms in total. The van der Waals surface area contributed by atoms with Crippen LogP contribution in [-0.4, -0.2) is 28.6 Å². The summed E-state index contributed by atoms with van der Waals surface area (Å²) in [6.07, 6.45) is 3.50. The molecule has 38 heavy (non-hydrogen) atoms. The molecule has 2 N–H and O–H groups in total. The van der Waals surface area contributed by atoms with Crippen molar-refractivity contribution in [1.82, 2.24) is 15.3 Å². The zero-order valence-corrected chi connectivity index (χ0v) is 22.3. The van der Waals surface area contributed by atoms with Gasteiger partial charge in [-0.3, -0.25) is 9.59 Å². The molecular formula is C29H25Cl2N5O2. The molecule has 0 bridgehead atoms. The quantitative estimate of drug-likeness (QED) is 0.217. The van der Waals surface area contributed by atoms with Gasteiger partial charge in [0.15, 0.2) is 0 Å². The summed E-state index contributed by atoms with van der Waals surface area (Å²) in [5.74, 6) is -1.14. The lowest BCUT2D eigenvalue weighted by Gasteiger charge is -2.20. The Morgan fingerprint density at radius 1 is 1.08 bits per heavy atom. The van der Waals surface area contributed by atoms with Gasteiger partial charge in [-0.05, 0) is 41.8 Å². The van der Waals surface area contributed by atoms with Crippen LogP contribution in [0.15, 0.2) is 78.0 Å². The number of amides is 2. The zero-order valence-electron chi connectivity index (χ0n) is 20.8. The minimum absolute atomic E-state index is 0.199. The molecule has 0 radical (unpaired) electrons. The highest BCUT2D eigenvalue weighted by atomic mass is 35.5. The Kier molecular flexibility index (Phi) is 8.47. The summed E-state index contributed by atoms with van der Waals surface area (Å²) in [5, 5.41) is 17.9. The van der Waals surface area contributed by atoms with Gasteiger partial charge in [-0.25, -0.2) is 5.43 Å². The number of hydrogen-bond donors (Lipinski definition) is 2. The van der Waals surface area contributed by atoms with Crippen LogP contribution in [0.25, 0.3) is 10.9 Å². The molecule has 0 fully saturated rings. The van der Waals surface area contributed by atoms with E-state index in [-0.39, 0.29) is 16.5 Å². The second-order valence-corrected chi connectivity index (χ2v) is 9.90. The molecule has 0 saturated carbocycles. The fourth-order valence-corrected chi connectivity index (χ4v) is 4.62. The molecule has 0 aliphatic heterocycles. The Morgan fingerprint density at radius 2 is 1.82 bits per heavy atom. The van der Waals surface area contributed by atoms with Crippen molar-refractivity contribution in [3.63, 3.8) is 0 Å². The molecule has 4 aromatic rings. The van der Waals surface area contributed by atoms with Crippen molar-refractivity contribution >= 4 is 52.1 Å². The van der Waals surface area contributed by atoms with E-state index in [1.807, 2.05) is 67.1 Å². The number of hydrazone groups is 1. The topological polar surface area (TPSA) is 99.3 Å². The first kappa shape index (κ1) is 26.9. The number of rotatable bonds is 8. The van der Waals surface area contributed by atoms with Crippen LogP contribution in [0.2, 0.25) is 10.0 Å². The fourth-order valence-electron chi connectivity index (χ4n) is 4.12. The Hall–Kier alpha value is -4.12. The predicted octanol–water partition coefficient (Wildman–Crippen LogP) is 5.77. The van der Waals surface area contributed by atoms with Crippen LogP contribution < -0.4 is 10.7 Å². The number of carbonyl (C=O) groups excluding carboxylic acids is 2. The number of aromatic nitrogens is 1. The Labute approximate surface area is 230 Å². The normalized spacial score (nSPS) is 12.0. The van der Waals surface area contributed by atoms with Crippen molar-refractivity contribution in [2.75, 3.05) is 0 Å². The summed E-state index contributed by atoms with van der Waals surface area (Å²) in [7, 11) is 0. The van der Waals surface area contributed by atoms with Crippen LogP contribution in [0.1, 0.15) is 40.9 Å². The van der Waals surface area contributed by atoms with Crippen LogP contribution >= 0.6 is 23.2 Å². The number of halogens is 2. The molecule has 9 heteroatoms. The van der Waals surface area contributed by atoms with Gasteiger partial charge in [0, 0.05) is 34.2 Å². The molecule has 0 saturated heterocycles. The Balaban J connectivity index is 1.51. The maximum Gasteiger partial charge on any atom is 0.262 e. The highest BCUT2D eigenvalue weighted by Crippen LogP contribution is 2.23. The van der Waals surface area contributed by atoms with Gasteiger partial charge in [-0.1, -0.05) is 73.4 Å². The molecule has 0 aliphatic carbocycles. The van der Waals surface area contributed by atoms with Gasteiger partial charge in [0.05, 0.1) is 28.4 Å². The molecule has 4 rings (SSSR count). The first-order chi connectivity index (χ1) is 18.3. The third-order valence-electron chi connectivity index (χ3n) is 6.09. The standard InChI is InChI=1S/C29H25Cl2N5O2/c1-18(2)27(34-28(37)24-12-11-22(30)13-25(24)31)29(38)35-33-15-21-17-36(26-10-6-5-9-23(21)26)16-20-8-4-3-7-19(20)14-32/h3-13,15,17-18,27H,16H2,1-2H3,(H,34,37)(H,35,38)/b33-15-. The summed E-state index contributed by atoms with van der Waals surface area (Å²) in [6.45, 7) is 4.16. The minimum atomic E-state index is -0.838. The van der Waals surface area contributed by atoms with Gasteiger partial charge in [0.25, 0.3) is 11.8 Å². The third-order valence-corrected chi connectivity index (χ3v) is 6.64. The van der Waals surface area contributed by atoms with Gasteiger partial charge in [0.2, 0.25) is 0 Å². The number of para-hydroxylation sites is 1. The second kappa shape index (κ2) is 12.0. The van der Waals surface area contributed by atoms with E-state index in [0.29, 0.717) is 17.1 Å². The highest BCUT2D eigenvalue weighted by Gasteiger charge is 2.25. The smallest absolute Gasteiger partial charge is 0.262 e. The fraction of sp³-hybridized carbons (Fsp3) is 0.172. The maximum absolute atomic E-state index is 12.9. The number of nitriles is 1. The van der Waals surface area contributed by atoms with E-state index < -0.39 is 17.9 Å². The Bertz CT molecular complexity index is 1570. The van der Waals surface area contributed by atoms with E-state index in [0.717, 1.165) is 22.0 Å². The van der Waals surface area contributed by atoms with Crippen molar-refractivity contribution in [3.8, 4) is 6.07 Å². The first-order valence-corrected chi connectivity index (χ1v) is 12.7. The SMILES string of the molecule is CC(C)C(NC(=O)c1ccc(Cl)cc1Cl)C(=O)N/N=C\c1cn(Cc2ccccc2C#N)c2ccccc12. The van der Waals surface area contributed by atoms with E-state index in [4.69, 9.17) is 23.2 Å².